The van der Waals surface area contributed by atoms with E-state index in [0.717, 1.165) is 10.5 Å². The van der Waals surface area contributed by atoms with Gasteiger partial charge in [-0.25, -0.2) is 4.79 Å². The lowest BCUT2D eigenvalue weighted by atomic mass is 10.1. The van der Waals surface area contributed by atoms with Crippen LogP contribution in [-0.4, -0.2) is 5.97 Å². The molecule has 1 aliphatic rings. The number of hydrogen-bond donors (Lipinski definition) is 1. The standard InChI is InChI=1S/C8H6O2S/c9-8-7-2-1-6(11)3-5(7)4-10-8/h1-3,11H,4H2. The van der Waals surface area contributed by atoms with Crippen molar-refractivity contribution in [1.29, 1.82) is 0 Å². The lowest BCUT2D eigenvalue weighted by molar-refractivity contribution is 0.0535. The minimum Gasteiger partial charge on any atom is -0.457 e. The molecule has 3 heteroatoms. The molecule has 0 saturated carbocycles. The van der Waals surface area contributed by atoms with E-state index in [4.69, 9.17) is 4.74 Å². The lowest BCUT2D eigenvalue weighted by Gasteiger charge is -1.93. The molecule has 0 amide bonds. The number of fused-ring (bicyclic) bond motifs is 1. The summed E-state index contributed by atoms with van der Waals surface area (Å²) in [7, 11) is 0. The van der Waals surface area contributed by atoms with Crippen molar-refractivity contribution < 1.29 is 9.53 Å². The summed E-state index contributed by atoms with van der Waals surface area (Å²) in [6.45, 7) is 0.391. The van der Waals surface area contributed by atoms with Crippen LogP contribution in [0.5, 0.6) is 0 Å². The van der Waals surface area contributed by atoms with Crippen LogP contribution >= 0.6 is 12.6 Å². The highest BCUT2D eigenvalue weighted by atomic mass is 32.1. The van der Waals surface area contributed by atoms with Gasteiger partial charge in [-0.3, -0.25) is 0 Å². The molecule has 1 heterocycles. The number of cyclic esters (lactones) is 1. The molecule has 56 valence electrons. The second kappa shape index (κ2) is 2.27. The van der Waals surface area contributed by atoms with Gasteiger partial charge in [-0.1, -0.05) is 0 Å². The van der Waals surface area contributed by atoms with Gasteiger partial charge in [-0.2, -0.15) is 0 Å². The Morgan fingerprint density at radius 1 is 1.45 bits per heavy atom. The van der Waals surface area contributed by atoms with Gasteiger partial charge < -0.3 is 4.74 Å². The van der Waals surface area contributed by atoms with Gasteiger partial charge in [-0.05, 0) is 18.2 Å². The van der Waals surface area contributed by atoms with Crippen molar-refractivity contribution >= 4 is 18.6 Å². The van der Waals surface area contributed by atoms with E-state index in [2.05, 4.69) is 12.6 Å². The minimum atomic E-state index is -0.228. The van der Waals surface area contributed by atoms with Crippen molar-refractivity contribution in [3.63, 3.8) is 0 Å². The fourth-order valence-electron chi connectivity index (χ4n) is 1.12. The van der Waals surface area contributed by atoms with E-state index in [0.29, 0.717) is 12.2 Å². The van der Waals surface area contributed by atoms with Crippen molar-refractivity contribution in [2.75, 3.05) is 0 Å². The molecule has 1 aromatic rings. The normalized spacial score (nSPS) is 14.5. The zero-order chi connectivity index (χ0) is 7.84. The van der Waals surface area contributed by atoms with Crippen LogP contribution in [0.25, 0.3) is 0 Å². The molecule has 11 heavy (non-hydrogen) atoms. The van der Waals surface area contributed by atoms with Crippen LogP contribution in [0.3, 0.4) is 0 Å². The number of carbonyl (C=O) groups excluding carboxylic acids is 1. The van der Waals surface area contributed by atoms with Crippen LogP contribution in [0.4, 0.5) is 0 Å². The number of rotatable bonds is 0. The third-order valence-electron chi connectivity index (χ3n) is 1.67. The molecule has 0 bridgehead atoms. The molecule has 0 aromatic heterocycles. The summed E-state index contributed by atoms with van der Waals surface area (Å²) >= 11 is 4.15. The molecule has 0 radical (unpaired) electrons. The van der Waals surface area contributed by atoms with E-state index in [9.17, 15) is 4.79 Å². The molecule has 2 rings (SSSR count). The number of hydrogen-bond acceptors (Lipinski definition) is 3. The number of ether oxygens (including phenoxy) is 1. The molecule has 0 saturated heterocycles. The zero-order valence-corrected chi connectivity index (χ0v) is 6.60. The van der Waals surface area contributed by atoms with Gasteiger partial charge in [0.1, 0.15) is 6.61 Å². The fourth-order valence-corrected chi connectivity index (χ4v) is 1.35. The first-order chi connectivity index (χ1) is 5.27. The summed E-state index contributed by atoms with van der Waals surface area (Å²) in [5.41, 5.74) is 1.60. The first-order valence-electron chi connectivity index (χ1n) is 3.26. The van der Waals surface area contributed by atoms with E-state index in [-0.39, 0.29) is 5.97 Å². The van der Waals surface area contributed by atoms with Gasteiger partial charge >= 0.3 is 5.97 Å². The molecule has 0 fully saturated rings. The largest absolute Gasteiger partial charge is 0.457 e. The Morgan fingerprint density at radius 3 is 3.09 bits per heavy atom. The van der Waals surface area contributed by atoms with Crippen LogP contribution in [0, 0.1) is 0 Å². The summed E-state index contributed by atoms with van der Waals surface area (Å²) in [5, 5.41) is 0. The van der Waals surface area contributed by atoms with Gasteiger partial charge in [0.05, 0.1) is 5.56 Å². The fraction of sp³-hybridized carbons (Fsp3) is 0.125. The van der Waals surface area contributed by atoms with Gasteiger partial charge in [-0.15, -0.1) is 12.6 Å². The smallest absolute Gasteiger partial charge is 0.338 e. The highest BCUT2D eigenvalue weighted by Gasteiger charge is 2.19. The number of esters is 1. The molecular formula is C8H6O2S. The van der Waals surface area contributed by atoms with E-state index < -0.39 is 0 Å². The van der Waals surface area contributed by atoms with E-state index in [1.54, 1.807) is 12.1 Å². The Labute approximate surface area is 69.6 Å². The zero-order valence-electron chi connectivity index (χ0n) is 5.70. The predicted octanol–water partition coefficient (Wildman–Crippen LogP) is 1.65. The van der Waals surface area contributed by atoms with Crippen molar-refractivity contribution in [1.82, 2.24) is 0 Å². The van der Waals surface area contributed by atoms with Crippen LogP contribution in [0.1, 0.15) is 15.9 Å². The minimum absolute atomic E-state index is 0.228. The highest BCUT2D eigenvalue weighted by Crippen LogP contribution is 2.21. The van der Waals surface area contributed by atoms with Crippen LogP contribution in [-0.2, 0) is 11.3 Å². The van der Waals surface area contributed by atoms with Crippen LogP contribution in [0.15, 0.2) is 23.1 Å². The Balaban J connectivity index is 2.59. The molecule has 0 spiro atoms. The van der Waals surface area contributed by atoms with Crippen molar-refractivity contribution in [3.05, 3.63) is 29.3 Å². The molecular weight excluding hydrogens is 160 g/mol. The average molecular weight is 166 g/mol. The maximum atomic E-state index is 10.9. The predicted molar refractivity (Wildman–Crippen MR) is 42.8 cm³/mol. The SMILES string of the molecule is O=C1OCc2cc(S)ccc21. The Morgan fingerprint density at radius 2 is 2.27 bits per heavy atom. The van der Waals surface area contributed by atoms with Crippen molar-refractivity contribution in [2.24, 2.45) is 0 Å². The summed E-state index contributed by atoms with van der Waals surface area (Å²) in [6, 6.07) is 5.38. The first-order valence-corrected chi connectivity index (χ1v) is 3.71. The number of carbonyl (C=O) groups is 1. The molecule has 0 N–H and O–H groups in total. The van der Waals surface area contributed by atoms with Gasteiger partial charge in [0.15, 0.2) is 0 Å². The Bertz CT molecular complexity index is 320. The van der Waals surface area contributed by atoms with Gasteiger partial charge in [0.25, 0.3) is 0 Å². The molecule has 1 aromatic carbocycles. The third kappa shape index (κ3) is 1.01. The molecule has 1 aliphatic heterocycles. The average Bonchev–Trinajstić information content (AvgIpc) is 2.32. The van der Waals surface area contributed by atoms with Gasteiger partial charge in [0, 0.05) is 10.5 Å². The van der Waals surface area contributed by atoms with Crippen molar-refractivity contribution in [3.8, 4) is 0 Å². The summed E-state index contributed by atoms with van der Waals surface area (Å²) in [4.78, 5) is 11.8. The van der Waals surface area contributed by atoms with Crippen molar-refractivity contribution in [2.45, 2.75) is 11.5 Å². The second-order valence-electron chi connectivity index (χ2n) is 2.42. The maximum absolute atomic E-state index is 10.9. The monoisotopic (exact) mass is 166 g/mol. The molecule has 2 nitrogen and oxygen atoms in total. The maximum Gasteiger partial charge on any atom is 0.338 e. The van der Waals surface area contributed by atoms with E-state index in [1.807, 2.05) is 6.07 Å². The van der Waals surface area contributed by atoms with Crippen LogP contribution in [0.2, 0.25) is 0 Å². The van der Waals surface area contributed by atoms with E-state index in [1.165, 1.54) is 0 Å². The Hall–Kier alpha value is -0.960. The Kier molecular flexibility index (Phi) is 1.39. The molecule has 0 unspecified atom stereocenters. The topological polar surface area (TPSA) is 26.3 Å². The molecule has 0 atom stereocenters. The van der Waals surface area contributed by atoms with E-state index >= 15 is 0 Å². The first kappa shape index (κ1) is 6.73. The molecule has 0 aliphatic carbocycles. The van der Waals surface area contributed by atoms with Gasteiger partial charge in [0.2, 0.25) is 0 Å². The lowest BCUT2D eigenvalue weighted by Crippen LogP contribution is -1.92. The second-order valence-corrected chi connectivity index (χ2v) is 2.93. The highest BCUT2D eigenvalue weighted by molar-refractivity contribution is 7.80. The number of thiol groups is 1. The summed E-state index contributed by atoms with van der Waals surface area (Å²) in [5.74, 6) is -0.228. The summed E-state index contributed by atoms with van der Waals surface area (Å²) < 4.78 is 4.81. The number of benzene rings is 1. The summed E-state index contributed by atoms with van der Waals surface area (Å²) in [6.07, 6.45) is 0. The third-order valence-corrected chi connectivity index (χ3v) is 1.95. The van der Waals surface area contributed by atoms with Crippen LogP contribution < -0.4 is 0 Å². The quantitative estimate of drug-likeness (QED) is 0.468.